The van der Waals surface area contributed by atoms with Crippen LogP contribution in [0.5, 0.6) is 0 Å². The van der Waals surface area contributed by atoms with E-state index in [1.54, 1.807) is 13.8 Å². The van der Waals surface area contributed by atoms with Gasteiger partial charge in [-0.15, -0.1) is 0 Å². The number of unbranched alkanes of at least 4 members (excludes halogenated alkanes) is 1. The van der Waals surface area contributed by atoms with Crippen LogP contribution in [0, 0.1) is 0 Å². The van der Waals surface area contributed by atoms with Gasteiger partial charge in [0.05, 0.1) is 0 Å². The highest BCUT2D eigenvalue weighted by molar-refractivity contribution is 5.96. The molecule has 2 N–H and O–H groups in total. The Labute approximate surface area is 98.5 Å². The summed E-state index contributed by atoms with van der Waals surface area (Å²) in [6, 6.07) is 0. The molecule has 0 unspecified atom stereocenters. The lowest BCUT2D eigenvalue weighted by Gasteiger charge is -2.02. The molecule has 0 bridgehead atoms. The smallest absolute Gasteiger partial charge is 0.222 e. The van der Waals surface area contributed by atoms with Gasteiger partial charge in [0.2, 0.25) is 5.91 Å². The van der Waals surface area contributed by atoms with Gasteiger partial charge in [0.25, 0.3) is 0 Å². The average Bonchev–Trinajstić information content (AvgIpc) is 2.14. The Balaban J connectivity index is 0. The van der Waals surface area contributed by atoms with E-state index in [9.17, 15) is 4.79 Å². The molecule has 0 spiro atoms. The predicted molar refractivity (Wildman–Crippen MR) is 68.4 cm³/mol. The highest BCUT2D eigenvalue weighted by Gasteiger charge is 1.95. The number of carbonyl (C=O) groups is 1. The maximum absolute atomic E-state index is 10.6. The monoisotopic (exact) mass is 228 g/mol. The highest BCUT2D eigenvalue weighted by Crippen LogP contribution is 2.05. The van der Waals surface area contributed by atoms with Crippen LogP contribution in [0.3, 0.4) is 0 Å². The number of hydrogen-bond acceptors (Lipinski definition) is 3. The Bertz CT molecular complexity index is 235. The molecule has 0 aromatic rings. The molecule has 16 heavy (non-hydrogen) atoms. The standard InChI is InChI=1S/C10H18N2O.C2H6O/c1-5-6-7-8(2)11-9(3)12-10(4)13;1-2-3/h2,5-7H2,1,3-4H3,(H,11,12,13);3H,2H2,1H3. The number of aliphatic imine (C=N–C) groups is 1. The maximum Gasteiger partial charge on any atom is 0.222 e. The molecule has 0 atom stereocenters. The van der Waals surface area contributed by atoms with Gasteiger partial charge in [-0.2, -0.15) is 0 Å². The first-order chi connectivity index (χ1) is 7.47. The van der Waals surface area contributed by atoms with E-state index in [2.05, 4.69) is 23.8 Å². The maximum atomic E-state index is 10.6. The molecular weight excluding hydrogens is 204 g/mol. The first kappa shape index (κ1) is 17.2. The second kappa shape index (κ2) is 11.9. The second-order valence-corrected chi connectivity index (χ2v) is 3.36. The summed E-state index contributed by atoms with van der Waals surface area (Å²) in [5.41, 5.74) is 0.827. The van der Waals surface area contributed by atoms with Gasteiger partial charge in [0.1, 0.15) is 5.84 Å². The number of rotatable bonds is 4. The van der Waals surface area contributed by atoms with Gasteiger partial charge >= 0.3 is 0 Å². The summed E-state index contributed by atoms with van der Waals surface area (Å²) < 4.78 is 0. The van der Waals surface area contributed by atoms with E-state index in [-0.39, 0.29) is 12.5 Å². The summed E-state index contributed by atoms with van der Waals surface area (Å²) in [7, 11) is 0. The number of aliphatic hydroxyl groups excluding tert-OH is 1. The van der Waals surface area contributed by atoms with Crippen LogP contribution in [0.15, 0.2) is 17.3 Å². The van der Waals surface area contributed by atoms with Crippen LogP contribution in [-0.4, -0.2) is 23.5 Å². The van der Waals surface area contributed by atoms with E-state index in [0.29, 0.717) is 5.84 Å². The minimum atomic E-state index is -0.0930. The van der Waals surface area contributed by atoms with Gasteiger partial charge in [-0.3, -0.25) is 4.79 Å². The van der Waals surface area contributed by atoms with Crippen molar-refractivity contribution in [2.45, 2.75) is 47.0 Å². The summed E-state index contributed by atoms with van der Waals surface area (Å²) in [6.45, 7) is 11.1. The third-order valence-corrected chi connectivity index (χ3v) is 1.50. The predicted octanol–water partition coefficient (Wildman–Crippen LogP) is 2.24. The van der Waals surface area contributed by atoms with Crippen LogP contribution in [0.2, 0.25) is 0 Å². The Hall–Kier alpha value is -1.16. The van der Waals surface area contributed by atoms with Crippen molar-refractivity contribution in [2.24, 2.45) is 4.99 Å². The normalized spacial score (nSPS) is 10.2. The third kappa shape index (κ3) is 15.3. The van der Waals surface area contributed by atoms with Crippen molar-refractivity contribution in [3.63, 3.8) is 0 Å². The number of hydrogen-bond donors (Lipinski definition) is 2. The fraction of sp³-hybridized carbons (Fsp3) is 0.667. The molecular formula is C12H24N2O2. The van der Waals surface area contributed by atoms with Crippen molar-refractivity contribution >= 4 is 11.7 Å². The molecule has 0 saturated heterocycles. The molecule has 0 rings (SSSR count). The molecule has 0 aromatic carbocycles. The minimum Gasteiger partial charge on any atom is -0.397 e. The molecule has 4 heteroatoms. The number of amidine groups is 1. The van der Waals surface area contributed by atoms with Gasteiger partial charge < -0.3 is 10.4 Å². The number of allylic oxidation sites excluding steroid dienone is 1. The van der Waals surface area contributed by atoms with Crippen LogP contribution in [0.1, 0.15) is 47.0 Å². The largest absolute Gasteiger partial charge is 0.397 e. The Morgan fingerprint density at radius 1 is 1.38 bits per heavy atom. The molecule has 0 fully saturated rings. The number of carbonyl (C=O) groups excluding carboxylic acids is 1. The van der Waals surface area contributed by atoms with Gasteiger partial charge in [0, 0.05) is 19.2 Å². The fourth-order valence-electron chi connectivity index (χ4n) is 0.957. The van der Waals surface area contributed by atoms with Crippen LogP contribution in [0.25, 0.3) is 0 Å². The van der Waals surface area contributed by atoms with Crippen molar-refractivity contribution in [1.29, 1.82) is 0 Å². The van der Waals surface area contributed by atoms with Crippen molar-refractivity contribution in [3.8, 4) is 0 Å². The van der Waals surface area contributed by atoms with E-state index in [1.165, 1.54) is 6.92 Å². The number of aliphatic hydroxyl groups is 1. The SMILES string of the molecule is C=C(CCCC)N=C(C)NC(C)=O.CCO. The summed E-state index contributed by atoms with van der Waals surface area (Å²) >= 11 is 0. The quantitative estimate of drug-likeness (QED) is 0.572. The fourth-order valence-corrected chi connectivity index (χ4v) is 0.957. The van der Waals surface area contributed by atoms with E-state index in [4.69, 9.17) is 5.11 Å². The number of nitrogens with zero attached hydrogens (tertiary/aromatic N) is 1. The molecule has 0 aliphatic carbocycles. The van der Waals surface area contributed by atoms with E-state index < -0.39 is 0 Å². The summed E-state index contributed by atoms with van der Waals surface area (Å²) in [6.07, 6.45) is 3.12. The lowest BCUT2D eigenvalue weighted by molar-refractivity contribution is -0.117. The molecule has 4 nitrogen and oxygen atoms in total. The van der Waals surface area contributed by atoms with Gasteiger partial charge in [0.15, 0.2) is 0 Å². The molecule has 1 amide bonds. The molecule has 0 aliphatic heterocycles. The van der Waals surface area contributed by atoms with Crippen molar-refractivity contribution in [2.75, 3.05) is 6.61 Å². The zero-order valence-corrected chi connectivity index (χ0v) is 10.8. The molecule has 94 valence electrons. The Kier molecular flexibility index (Phi) is 12.8. The molecule has 0 aromatic heterocycles. The van der Waals surface area contributed by atoms with Gasteiger partial charge in [-0.1, -0.05) is 19.9 Å². The highest BCUT2D eigenvalue weighted by atomic mass is 16.2. The topological polar surface area (TPSA) is 61.7 Å². The van der Waals surface area contributed by atoms with E-state index in [0.717, 1.165) is 25.0 Å². The first-order valence-corrected chi connectivity index (χ1v) is 5.59. The van der Waals surface area contributed by atoms with Crippen molar-refractivity contribution in [3.05, 3.63) is 12.3 Å². The number of amides is 1. The third-order valence-electron chi connectivity index (χ3n) is 1.50. The van der Waals surface area contributed by atoms with Crippen LogP contribution in [-0.2, 0) is 4.79 Å². The zero-order valence-electron chi connectivity index (χ0n) is 10.8. The first-order valence-electron chi connectivity index (χ1n) is 5.59. The van der Waals surface area contributed by atoms with Crippen molar-refractivity contribution in [1.82, 2.24) is 5.32 Å². The van der Waals surface area contributed by atoms with E-state index in [1.807, 2.05) is 0 Å². The van der Waals surface area contributed by atoms with Gasteiger partial charge in [-0.25, -0.2) is 4.99 Å². The summed E-state index contributed by atoms with van der Waals surface area (Å²) in [4.78, 5) is 14.8. The Morgan fingerprint density at radius 2 is 1.88 bits per heavy atom. The summed E-state index contributed by atoms with van der Waals surface area (Å²) in [5.74, 6) is 0.526. The lowest BCUT2D eigenvalue weighted by Crippen LogP contribution is -2.25. The van der Waals surface area contributed by atoms with Crippen molar-refractivity contribution < 1.29 is 9.90 Å². The van der Waals surface area contributed by atoms with Crippen LogP contribution in [0.4, 0.5) is 0 Å². The van der Waals surface area contributed by atoms with Gasteiger partial charge in [-0.05, 0) is 26.7 Å². The second-order valence-electron chi connectivity index (χ2n) is 3.36. The average molecular weight is 228 g/mol. The zero-order chi connectivity index (χ0) is 13.0. The molecule has 0 radical (unpaired) electrons. The van der Waals surface area contributed by atoms with Crippen LogP contribution < -0.4 is 5.32 Å². The molecule has 0 saturated carbocycles. The minimum absolute atomic E-state index is 0.0930. The number of nitrogens with one attached hydrogen (secondary N) is 1. The summed E-state index contributed by atoms with van der Waals surface area (Å²) in [5, 5.41) is 10.2. The Morgan fingerprint density at radius 3 is 2.25 bits per heavy atom. The van der Waals surface area contributed by atoms with E-state index >= 15 is 0 Å². The van der Waals surface area contributed by atoms with Crippen LogP contribution >= 0.6 is 0 Å². The lowest BCUT2D eigenvalue weighted by atomic mass is 10.2. The molecule has 0 heterocycles. The molecule has 0 aliphatic rings.